The molecule has 4 bridgehead atoms. The van der Waals surface area contributed by atoms with Gasteiger partial charge < -0.3 is 5.32 Å². The van der Waals surface area contributed by atoms with Gasteiger partial charge >= 0.3 is 0 Å². The molecule has 1 aromatic rings. The Balaban J connectivity index is 1.31. The number of hydrogen-bond donors (Lipinski definition) is 3. The fraction of sp³-hybridized carbons (Fsp3) is 0.619. The molecule has 2 atom stereocenters. The standard InChI is InChI=1S/C21H28ClN3O2/c1-13-3-4-17(14(2)5-13)23-11-18(26)24-25-19(27)20-7-15-6-16(8-20)10-21(22,9-15)12-20/h3-5,15-16,23H,6-12H2,1-2H3,(H,24,26)(H,25,27)/t15-,16-,20?,21?/m1/s1. The van der Waals surface area contributed by atoms with Crippen LogP contribution in [0.2, 0.25) is 0 Å². The summed E-state index contributed by atoms with van der Waals surface area (Å²) in [5.41, 5.74) is 8.05. The van der Waals surface area contributed by atoms with Crippen molar-refractivity contribution in [3.05, 3.63) is 29.3 Å². The number of hydrogen-bond acceptors (Lipinski definition) is 3. The van der Waals surface area contributed by atoms with Crippen LogP contribution in [-0.2, 0) is 9.59 Å². The molecule has 5 nitrogen and oxygen atoms in total. The van der Waals surface area contributed by atoms with Crippen LogP contribution in [-0.4, -0.2) is 23.2 Å². The molecule has 2 amide bonds. The molecule has 0 saturated heterocycles. The molecule has 1 aromatic carbocycles. The average molecular weight is 390 g/mol. The van der Waals surface area contributed by atoms with Crippen LogP contribution in [0.15, 0.2) is 18.2 Å². The lowest BCUT2D eigenvalue weighted by molar-refractivity contribution is -0.147. The summed E-state index contributed by atoms with van der Waals surface area (Å²) in [4.78, 5) is 24.9. The van der Waals surface area contributed by atoms with Crippen molar-refractivity contribution in [3.63, 3.8) is 0 Å². The van der Waals surface area contributed by atoms with E-state index in [9.17, 15) is 9.59 Å². The Bertz CT molecular complexity index is 765. The first kappa shape index (κ1) is 18.6. The minimum absolute atomic E-state index is 0.0681. The maximum absolute atomic E-state index is 12.9. The smallest absolute Gasteiger partial charge is 0.257 e. The topological polar surface area (TPSA) is 70.2 Å². The van der Waals surface area contributed by atoms with Crippen molar-refractivity contribution in [1.82, 2.24) is 10.9 Å². The number of anilines is 1. The van der Waals surface area contributed by atoms with E-state index >= 15 is 0 Å². The number of nitrogens with one attached hydrogen (secondary N) is 3. The molecule has 0 spiro atoms. The second kappa shape index (κ2) is 6.69. The van der Waals surface area contributed by atoms with Crippen LogP contribution in [0, 0.1) is 31.1 Å². The number of hydrazine groups is 1. The van der Waals surface area contributed by atoms with Crippen molar-refractivity contribution < 1.29 is 9.59 Å². The van der Waals surface area contributed by atoms with Gasteiger partial charge in [0, 0.05) is 10.6 Å². The molecule has 4 fully saturated rings. The summed E-state index contributed by atoms with van der Waals surface area (Å²) in [5.74, 6) is 0.780. The monoisotopic (exact) mass is 389 g/mol. The summed E-state index contributed by atoms with van der Waals surface area (Å²) >= 11 is 6.79. The number of amides is 2. The van der Waals surface area contributed by atoms with Gasteiger partial charge in [-0.1, -0.05) is 17.7 Å². The predicted octanol–water partition coefficient (Wildman–Crippen LogP) is 3.44. The van der Waals surface area contributed by atoms with Crippen LogP contribution in [0.25, 0.3) is 0 Å². The van der Waals surface area contributed by atoms with Gasteiger partial charge in [0.2, 0.25) is 5.91 Å². The molecule has 0 aliphatic heterocycles. The van der Waals surface area contributed by atoms with E-state index in [2.05, 4.69) is 22.2 Å². The number of halogens is 1. The number of aryl methyl sites for hydroxylation is 2. The molecule has 0 unspecified atom stereocenters. The number of carbonyl (C=O) groups excluding carboxylic acids is 2. The van der Waals surface area contributed by atoms with Gasteiger partial charge in [-0.05, 0) is 75.8 Å². The second-order valence-electron chi connectivity index (χ2n) is 9.07. The Kier molecular flexibility index (Phi) is 4.61. The molecule has 146 valence electrons. The molecule has 5 rings (SSSR count). The fourth-order valence-corrected chi connectivity index (χ4v) is 6.60. The molecule has 0 aromatic heterocycles. The summed E-state index contributed by atoms with van der Waals surface area (Å²) in [6.45, 7) is 4.15. The van der Waals surface area contributed by atoms with E-state index in [0.29, 0.717) is 11.8 Å². The van der Waals surface area contributed by atoms with Crippen LogP contribution in [0.1, 0.15) is 49.7 Å². The molecule has 4 saturated carbocycles. The van der Waals surface area contributed by atoms with Crippen LogP contribution in [0.5, 0.6) is 0 Å². The van der Waals surface area contributed by atoms with Gasteiger partial charge in [0.25, 0.3) is 5.91 Å². The highest BCUT2D eigenvalue weighted by Crippen LogP contribution is 2.63. The van der Waals surface area contributed by atoms with Crippen molar-refractivity contribution in [2.45, 2.75) is 57.2 Å². The molecule has 6 heteroatoms. The highest BCUT2D eigenvalue weighted by atomic mass is 35.5. The zero-order valence-electron chi connectivity index (χ0n) is 16.0. The molecular formula is C21H28ClN3O2. The van der Waals surface area contributed by atoms with Crippen molar-refractivity contribution in [2.75, 3.05) is 11.9 Å². The maximum Gasteiger partial charge on any atom is 0.257 e. The first-order valence-corrected chi connectivity index (χ1v) is 10.2. The average Bonchev–Trinajstić information content (AvgIpc) is 2.56. The number of rotatable bonds is 4. The van der Waals surface area contributed by atoms with Gasteiger partial charge in [-0.15, -0.1) is 11.6 Å². The molecule has 0 heterocycles. The minimum Gasteiger partial charge on any atom is -0.376 e. The van der Waals surface area contributed by atoms with Gasteiger partial charge in [0.05, 0.1) is 12.0 Å². The van der Waals surface area contributed by atoms with E-state index in [1.54, 1.807) is 0 Å². The Morgan fingerprint density at radius 2 is 1.81 bits per heavy atom. The Hall–Kier alpha value is -1.75. The van der Waals surface area contributed by atoms with Gasteiger partial charge in [-0.25, -0.2) is 0 Å². The van der Waals surface area contributed by atoms with E-state index in [0.717, 1.165) is 43.4 Å². The van der Waals surface area contributed by atoms with Crippen LogP contribution in [0.4, 0.5) is 5.69 Å². The third-order valence-electron chi connectivity index (χ3n) is 6.61. The lowest BCUT2D eigenvalue weighted by Gasteiger charge is -2.59. The van der Waals surface area contributed by atoms with Gasteiger partial charge in [-0.3, -0.25) is 20.4 Å². The summed E-state index contributed by atoms with van der Waals surface area (Å²) in [5, 5.41) is 3.12. The van der Waals surface area contributed by atoms with Crippen LogP contribution >= 0.6 is 11.6 Å². The first-order chi connectivity index (χ1) is 12.8. The zero-order chi connectivity index (χ0) is 19.2. The number of alkyl halides is 1. The van der Waals surface area contributed by atoms with E-state index in [4.69, 9.17) is 11.6 Å². The summed E-state index contributed by atoms with van der Waals surface area (Å²) < 4.78 is 0. The molecule has 27 heavy (non-hydrogen) atoms. The number of carbonyl (C=O) groups is 2. The van der Waals surface area contributed by atoms with E-state index in [-0.39, 0.29) is 23.2 Å². The van der Waals surface area contributed by atoms with E-state index < -0.39 is 5.41 Å². The Labute approximate surface area is 165 Å². The highest BCUT2D eigenvalue weighted by molar-refractivity contribution is 6.24. The molecule has 4 aliphatic rings. The second-order valence-corrected chi connectivity index (χ2v) is 9.87. The quantitative estimate of drug-likeness (QED) is 0.545. The summed E-state index contributed by atoms with van der Waals surface area (Å²) in [6.07, 6.45) is 5.81. The summed E-state index contributed by atoms with van der Waals surface area (Å²) in [6, 6.07) is 6.03. The fourth-order valence-electron chi connectivity index (χ4n) is 5.91. The molecule has 0 radical (unpaired) electrons. The largest absolute Gasteiger partial charge is 0.376 e. The zero-order valence-corrected chi connectivity index (χ0v) is 16.8. The first-order valence-electron chi connectivity index (χ1n) is 9.86. The number of benzene rings is 1. The van der Waals surface area contributed by atoms with Crippen molar-refractivity contribution in [1.29, 1.82) is 0 Å². The lowest BCUT2D eigenvalue weighted by Crippen LogP contribution is -2.60. The van der Waals surface area contributed by atoms with Crippen LogP contribution < -0.4 is 16.2 Å². The van der Waals surface area contributed by atoms with Crippen molar-refractivity contribution in [2.24, 2.45) is 17.3 Å². The van der Waals surface area contributed by atoms with Gasteiger partial charge in [-0.2, -0.15) is 0 Å². The van der Waals surface area contributed by atoms with Gasteiger partial charge in [0.1, 0.15) is 0 Å². The highest BCUT2D eigenvalue weighted by Gasteiger charge is 2.60. The predicted molar refractivity (Wildman–Crippen MR) is 106 cm³/mol. The lowest BCUT2D eigenvalue weighted by atomic mass is 9.49. The Morgan fingerprint density at radius 1 is 1.11 bits per heavy atom. The molecule has 3 N–H and O–H groups in total. The third-order valence-corrected chi connectivity index (χ3v) is 7.05. The molecular weight excluding hydrogens is 362 g/mol. The van der Waals surface area contributed by atoms with E-state index in [1.807, 2.05) is 26.0 Å². The van der Waals surface area contributed by atoms with Crippen molar-refractivity contribution >= 4 is 29.1 Å². The van der Waals surface area contributed by atoms with E-state index in [1.165, 1.54) is 12.0 Å². The SMILES string of the molecule is Cc1ccc(NCC(=O)NNC(=O)C23C[C@H]4C[C@@H](CC(Cl)(C4)C2)C3)c(C)c1. The minimum atomic E-state index is -0.403. The van der Waals surface area contributed by atoms with Gasteiger partial charge in [0.15, 0.2) is 0 Å². The summed E-state index contributed by atoms with van der Waals surface area (Å²) in [7, 11) is 0. The van der Waals surface area contributed by atoms with Crippen LogP contribution in [0.3, 0.4) is 0 Å². The Morgan fingerprint density at radius 3 is 2.44 bits per heavy atom. The molecule has 4 aliphatic carbocycles. The van der Waals surface area contributed by atoms with Crippen molar-refractivity contribution in [3.8, 4) is 0 Å². The third kappa shape index (κ3) is 3.66. The maximum atomic E-state index is 12.9. The normalized spacial score (nSPS) is 33.6.